The molecule has 0 amide bonds. The quantitative estimate of drug-likeness (QED) is 0.133. The number of halogens is 12. The maximum atomic E-state index is 13.1. The highest BCUT2D eigenvalue weighted by Gasteiger charge is 2.55. The normalized spacial score (nSPS) is 19.5. The van der Waals surface area contributed by atoms with Crippen molar-refractivity contribution in [1.82, 2.24) is 19.9 Å². The van der Waals surface area contributed by atoms with Crippen LogP contribution in [0.15, 0.2) is 72.8 Å². The van der Waals surface area contributed by atoms with Crippen LogP contribution in [-0.4, -0.2) is 71.1 Å². The Labute approximate surface area is 285 Å². The van der Waals surface area contributed by atoms with E-state index < -0.39 is 98.6 Å². The smallest absolute Gasteiger partial charge is 0.422 e. The summed E-state index contributed by atoms with van der Waals surface area (Å²) in [4.78, 5) is 15.3. The van der Waals surface area contributed by atoms with E-state index in [0.29, 0.717) is 11.1 Å². The Morgan fingerprint density at radius 2 is 0.712 bits per heavy atom. The average molecular weight is 757 g/mol. The molecule has 0 atom stereocenters. The third-order valence-electron chi connectivity index (χ3n) is 7.50. The zero-order chi connectivity index (χ0) is 37.9. The first-order valence-electron chi connectivity index (χ1n) is 14.9. The SMILES string of the molecule is FC(F)(F)COc1cc(C2C(c3ccccc3)C(c3cc(OCC(F)(F)F)nc(OCC(F)(F)F)n3)C2c2ccccc2)nc(OCC(F)(F)F)n1. The van der Waals surface area contributed by atoms with Gasteiger partial charge in [0.2, 0.25) is 11.8 Å². The number of alkyl halides is 12. The van der Waals surface area contributed by atoms with Gasteiger partial charge in [-0.1, -0.05) is 60.7 Å². The molecular formula is C32H24F12N4O4. The first-order chi connectivity index (χ1) is 24.2. The standard InChI is InChI=1S/C32H24F12N4O4/c33-29(34,35)13-49-21-11-19(45-27(47-21)51-15-31(39,40)41)25-23(17-7-3-1-4-8-17)26(24(25)18-9-5-2-6-10-18)20-12-22(50-14-30(36,37)38)48-28(46-20)52-16-32(42,43)44/h1-12,23-26H,13-16H2. The topological polar surface area (TPSA) is 88.5 Å². The molecule has 2 aromatic carbocycles. The van der Waals surface area contributed by atoms with Gasteiger partial charge in [0.25, 0.3) is 0 Å². The van der Waals surface area contributed by atoms with Gasteiger partial charge in [0.05, 0.1) is 11.4 Å². The molecule has 4 aromatic rings. The van der Waals surface area contributed by atoms with E-state index in [4.69, 9.17) is 18.9 Å². The highest BCUT2D eigenvalue weighted by atomic mass is 19.4. The van der Waals surface area contributed by atoms with Crippen LogP contribution in [0.25, 0.3) is 0 Å². The summed E-state index contributed by atoms with van der Waals surface area (Å²) in [5.41, 5.74) is 0.653. The first kappa shape index (κ1) is 38.2. The predicted molar refractivity (Wildman–Crippen MR) is 154 cm³/mol. The molecule has 0 N–H and O–H groups in total. The number of hydrogen-bond donors (Lipinski definition) is 0. The molecule has 8 nitrogen and oxygen atoms in total. The second kappa shape index (κ2) is 14.9. The fraction of sp³-hybridized carbons (Fsp3) is 0.375. The Morgan fingerprint density at radius 3 is 1.02 bits per heavy atom. The summed E-state index contributed by atoms with van der Waals surface area (Å²) in [5.74, 6) is -5.26. The van der Waals surface area contributed by atoms with Gasteiger partial charge >= 0.3 is 36.7 Å². The molecule has 1 saturated carbocycles. The van der Waals surface area contributed by atoms with Gasteiger partial charge in [-0.25, -0.2) is 0 Å². The Morgan fingerprint density at radius 1 is 0.404 bits per heavy atom. The lowest BCUT2D eigenvalue weighted by Crippen LogP contribution is -2.41. The van der Waals surface area contributed by atoms with E-state index in [9.17, 15) is 52.7 Å². The van der Waals surface area contributed by atoms with Crippen LogP contribution in [0.3, 0.4) is 0 Å². The molecular weight excluding hydrogens is 732 g/mol. The van der Waals surface area contributed by atoms with E-state index in [-0.39, 0.29) is 11.4 Å². The minimum absolute atomic E-state index is 0.153. The van der Waals surface area contributed by atoms with Gasteiger partial charge in [0.15, 0.2) is 26.4 Å². The molecule has 1 fully saturated rings. The van der Waals surface area contributed by atoms with Gasteiger partial charge in [0.1, 0.15) is 0 Å². The maximum Gasteiger partial charge on any atom is 0.422 e. The fourth-order valence-corrected chi connectivity index (χ4v) is 5.73. The van der Waals surface area contributed by atoms with E-state index in [1.54, 1.807) is 60.7 Å². The number of nitrogens with zero attached hydrogens (tertiary/aromatic N) is 4. The molecule has 280 valence electrons. The second-order valence-corrected chi connectivity index (χ2v) is 11.4. The Bertz CT molecular complexity index is 1580. The summed E-state index contributed by atoms with van der Waals surface area (Å²) >= 11 is 0. The number of rotatable bonds is 12. The molecule has 1 aliphatic carbocycles. The second-order valence-electron chi connectivity index (χ2n) is 11.4. The number of ether oxygens (including phenoxy) is 4. The number of benzene rings is 2. The van der Waals surface area contributed by atoms with Crippen LogP contribution in [0.1, 0.15) is 46.2 Å². The van der Waals surface area contributed by atoms with Crippen LogP contribution < -0.4 is 18.9 Å². The molecule has 1 aliphatic rings. The zero-order valence-electron chi connectivity index (χ0n) is 26.0. The molecule has 52 heavy (non-hydrogen) atoms. The number of aromatic nitrogens is 4. The third kappa shape index (κ3) is 10.5. The van der Waals surface area contributed by atoms with Crippen LogP contribution >= 0.6 is 0 Å². The minimum Gasteiger partial charge on any atom is -0.468 e. The van der Waals surface area contributed by atoms with Crippen molar-refractivity contribution in [3.63, 3.8) is 0 Å². The van der Waals surface area contributed by atoms with E-state index >= 15 is 0 Å². The first-order valence-corrected chi connectivity index (χ1v) is 14.9. The van der Waals surface area contributed by atoms with Crippen LogP contribution in [-0.2, 0) is 0 Å². The monoisotopic (exact) mass is 756 g/mol. The summed E-state index contributed by atoms with van der Waals surface area (Å²) < 4.78 is 176. The molecule has 0 spiro atoms. The molecule has 5 rings (SSSR count). The summed E-state index contributed by atoms with van der Waals surface area (Å²) in [5, 5.41) is 0. The Balaban J connectivity index is 1.68. The van der Waals surface area contributed by atoms with Crippen LogP contribution in [0.2, 0.25) is 0 Å². The summed E-state index contributed by atoms with van der Waals surface area (Å²) in [6.07, 6.45) is -19.5. The van der Waals surface area contributed by atoms with Crippen molar-refractivity contribution in [2.75, 3.05) is 26.4 Å². The van der Waals surface area contributed by atoms with Gasteiger partial charge in [-0.05, 0) is 11.1 Å². The van der Waals surface area contributed by atoms with Gasteiger partial charge in [0, 0.05) is 35.8 Å². The van der Waals surface area contributed by atoms with Gasteiger partial charge in [-0.3, -0.25) is 0 Å². The summed E-state index contributed by atoms with van der Waals surface area (Å²) in [7, 11) is 0. The molecule has 20 heteroatoms. The largest absolute Gasteiger partial charge is 0.468 e. The molecule has 0 saturated heterocycles. The van der Waals surface area contributed by atoms with Crippen molar-refractivity contribution in [2.45, 2.75) is 48.4 Å². The lowest BCUT2D eigenvalue weighted by molar-refractivity contribution is -0.156. The van der Waals surface area contributed by atoms with Gasteiger partial charge in [-0.2, -0.15) is 72.6 Å². The minimum atomic E-state index is -4.89. The van der Waals surface area contributed by atoms with Crippen molar-refractivity contribution in [2.24, 2.45) is 0 Å². The molecule has 0 aliphatic heterocycles. The molecule has 2 aromatic heterocycles. The zero-order valence-corrected chi connectivity index (χ0v) is 26.0. The lowest BCUT2D eigenvalue weighted by Gasteiger charge is -2.52. The third-order valence-corrected chi connectivity index (χ3v) is 7.50. The van der Waals surface area contributed by atoms with Crippen molar-refractivity contribution >= 4 is 0 Å². The van der Waals surface area contributed by atoms with E-state index in [0.717, 1.165) is 12.1 Å². The van der Waals surface area contributed by atoms with E-state index in [2.05, 4.69) is 19.9 Å². The van der Waals surface area contributed by atoms with Crippen molar-refractivity contribution in [3.05, 3.63) is 95.3 Å². The van der Waals surface area contributed by atoms with Crippen LogP contribution in [0.4, 0.5) is 52.7 Å². The van der Waals surface area contributed by atoms with Crippen LogP contribution in [0.5, 0.6) is 23.8 Å². The fourth-order valence-electron chi connectivity index (χ4n) is 5.73. The average Bonchev–Trinajstić information content (AvgIpc) is 3.04. The highest BCUT2D eigenvalue weighted by Crippen LogP contribution is 2.66. The Kier molecular flexibility index (Phi) is 10.9. The molecule has 2 heterocycles. The molecule has 0 radical (unpaired) electrons. The van der Waals surface area contributed by atoms with E-state index in [1.165, 1.54) is 0 Å². The lowest BCUT2D eigenvalue weighted by atomic mass is 9.50. The maximum absolute atomic E-state index is 13.1. The number of hydrogen-bond acceptors (Lipinski definition) is 8. The van der Waals surface area contributed by atoms with Gasteiger partial charge < -0.3 is 18.9 Å². The van der Waals surface area contributed by atoms with Gasteiger partial charge in [-0.15, -0.1) is 0 Å². The van der Waals surface area contributed by atoms with E-state index in [1.807, 2.05) is 0 Å². The molecule has 0 unspecified atom stereocenters. The molecule has 0 bridgehead atoms. The van der Waals surface area contributed by atoms with Crippen molar-refractivity contribution < 1.29 is 71.6 Å². The van der Waals surface area contributed by atoms with Crippen molar-refractivity contribution in [1.29, 1.82) is 0 Å². The predicted octanol–water partition coefficient (Wildman–Crippen LogP) is 8.48. The summed E-state index contributed by atoms with van der Waals surface area (Å²) in [6.45, 7) is -7.56. The van der Waals surface area contributed by atoms with Crippen LogP contribution in [0, 0.1) is 0 Å². The summed E-state index contributed by atoms with van der Waals surface area (Å²) in [6, 6.07) is 16.1. The Hall–Kier alpha value is -5.04. The van der Waals surface area contributed by atoms with Crippen molar-refractivity contribution in [3.8, 4) is 23.8 Å². The highest BCUT2D eigenvalue weighted by molar-refractivity contribution is 5.47.